The van der Waals surface area contributed by atoms with E-state index in [-0.39, 0.29) is 43.7 Å². The van der Waals surface area contributed by atoms with Crippen LogP contribution < -0.4 is 49.1 Å². The zero-order valence-electron chi connectivity index (χ0n) is 44.9. The Bertz CT molecular complexity index is 2360. The van der Waals surface area contributed by atoms with Gasteiger partial charge in [-0.2, -0.15) is 0 Å². The predicted molar refractivity (Wildman–Crippen MR) is 297 cm³/mol. The molecule has 0 saturated heterocycles. The number of carbonyl (C=O) groups excluding carboxylic acids is 8. The summed E-state index contributed by atoms with van der Waals surface area (Å²) in [5.74, 6) is -5.54. The molecule has 0 aliphatic rings. The highest BCUT2D eigenvalue weighted by molar-refractivity contribution is 6.03. The summed E-state index contributed by atoms with van der Waals surface area (Å²) in [6, 6.07) is 23.2. The van der Waals surface area contributed by atoms with Gasteiger partial charge in [-0.15, -0.1) is 0 Å². The van der Waals surface area contributed by atoms with Gasteiger partial charge in [0.1, 0.15) is 35.7 Å². The van der Waals surface area contributed by atoms with Crippen molar-refractivity contribution in [2.75, 3.05) is 26.2 Å². The molecule has 14 N–H and O–H groups in total. The molecule has 20 nitrogen and oxygen atoms in total. The van der Waals surface area contributed by atoms with Crippen LogP contribution in [0.4, 0.5) is 0 Å². The Morgan fingerprint density at radius 2 is 0.769 bits per heavy atom. The van der Waals surface area contributed by atoms with Crippen LogP contribution in [0.2, 0.25) is 0 Å². The summed E-state index contributed by atoms with van der Waals surface area (Å²) in [4.78, 5) is 111. The Labute approximate surface area is 457 Å². The molecule has 422 valence electrons. The van der Waals surface area contributed by atoms with Crippen molar-refractivity contribution in [1.82, 2.24) is 36.8 Å². The minimum Gasteiger partial charge on any atom is -0.508 e. The van der Waals surface area contributed by atoms with Gasteiger partial charge in [-0.3, -0.25) is 43.3 Å². The van der Waals surface area contributed by atoms with E-state index in [1.54, 1.807) is 84.9 Å². The first-order chi connectivity index (χ1) is 37.4. The molecule has 0 heterocycles. The molecule has 4 rings (SSSR count). The van der Waals surface area contributed by atoms with Crippen LogP contribution in [0.15, 0.2) is 109 Å². The molecule has 0 unspecified atom stereocenters. The van der Waals surface area contributed by atoms with E-state index in [1.165, 1.54) is 38.1 Å². The molecular weight excluding hydrogens is 997 g/mol. The molecule has 0 spiro atoms. The maximum atomic E-state index is 15.0. The normalized spacial score (nSPS) is 13.3. The lowest BCUT2D eigenvalue weighted by molar-refractivity contribution is -0.149. The Balaban J connectivity index is 1.49. The lowest BCUT2D eigenvalue weighted by Gasteiger charge is -2.30. The number of hydrogen-bond acceptors (Lipinski definition) is 13. The standard InChI is InChI=1S/C58H80N10O10/c1-39(64-55(75)47(60)33-43-23-27-45(69)28-24-43)53(73)62-37-51(71)66-49(35-41-19-13-11-14-20-41)57(77)68(32-18-10-8-6-4-3-5-7-9-17-31-59)58(78)50(36-42-21-15-12-16-22-42)67-52(72)38-63-54(74)40(2)65-56(76)48(61)34-44-25-29-46(70)30-26-44/h11-16,19-30,39-40,47-50,69-70H,3-10,17-18,31-38,59-61H2,1-2H3,(H,62,73)(H,63,74)(H,64,75)(H,65,76)(H,66,71)(H,67,72)/t39-,40-,47+,48+,49+,50+/m1/s1. The van der Waals surface area contributed by atoms with E-state index in [2.05, 4.69) is 31.9 Å². The van der Waals surface area contributed by atoms with Crippen molar-refractivity contribution in [1.29, 1.82) is 0 Å². The number of aromatic hydroxyl groups is 2. The molecule has 4 aromatic rings. The molecule has 78 heavy (non-hydrogen) atoms. The Morgan fingerprint density at radius 1 is 0.436 bits per heavy atom. The molecule has 0 saturated carbocycles. The van der Waals surface area contributed by atoms with Crippen molar-refractivity contribution >= 4 is 47.3 Å². The summed E-state index contributed by atoms with van der Waals surface area (Å²) >= 11 is 0. The number of rotatable bonds is 34. The van der Waals surface area contributed by atoms with Crippen LogP contribution in [-0.2, 0) is 64.0 Å². The number of nitrogens with one attached hydrogen (secondary N) is 6. The van der Waals surface area contributed by atoms with E-state index < -0.39 is 96.6 Å². The Hall–Kier alpha value is -7.68. The summed E-state index contributed by atoms with van der Waals surface area (Å²) in [7, 11) is 0. The maximum Gasteiger partial charge on any atom is 0.252 e. The summed E-state index contributed by atoms with van der Waals surface area (Å²) < 4.78 is 0. The largest absolute Gasteiger partial charge is 0.508 e. The number of hydrogen-bond donors (Lipinski definition) is 11. The van der Waals surface area contributed by atoms with Gasteiger partial charge in [0.2, 0.25) is 35.4 Å². The van der Waals surface area contributed by atoms with Crippen molar-refractivity contribution in [2.24, 2.45) is 17.2 Å². The number of benzene rings is 4. The van der Waals surface area contributed by atoms with Crippen molar-refractivity contribution in [3.8, 4) is 11.5 Å². The number of amides is 8. The van der Waals surface area contributed by atoms with Crippen LogP contribution in [0, 0.1) is 0 Å². The van der Waals surface area contributed by atoms with Gasteiger partial charge < -0.3 is 59.3 Å². The van der Waals surface area contributed by atoms with Gasteiger partial charge in [0.05, 0.1) is 25.2 Å². The number of imide groups is 1. The van der Waals surface area contributed by atoms with E-state index in [4.69, 9.17) is 17.2 Å². The first-order valence-corrected chi connectivity index (χ1v) is 26.9. The Morgan fingerprint density at radius 3 is 1.13 bits per heavy atom. The molecular formula is C58H80N10O10. The molecule has 20 heteroatoms. The maximum absolute atomic E-state index is 15.0. The molecule has 4 aromatic carbocycles. The van der Waals surface area contributed by atoms with E-state index in [0.29, 0.717) is 41.6 Å². The van der Waals surface area contributed by atoms with Crippen molar-refractivity contribution in [3.05, 3.63) is 131 Å². The number of nitrogens with zero attached hydrogens (tertiary/aromatic N) is 1. The van der Waals surface area contributed by atoms with Crippen LogP contribution in [0.5, 0.6) is 11.5 Å². The fourth-order valence-electron chi connectivity index (χ4n) is 8.49. The number of phenols is 2. The van der Waals surface area contributed by atoms with Crippen molar-refractivity contribution in [2.45, 2.75) is 140 Å². The zero-order valence-corrected chi connectivity index (χ0v) is 44.9. The molecule has 0 aliphatic heterocycles. The second kappa shape index (κ2) is 34.2. The number of phenolic OH excluding ortho intramolecular Hbond substituents is 2. The van der Waals surface area contributed by atoms with Crippen molar-refractivity contribution < 1.29 is 48.6 Å². The summed E-state index contributed by atoms with van der Waals surface area (Å²) in [5.41, 5.74) is 20.5. The second-order valence-corrected chi connectivity index (χ2v) is 19.6. The first kappa shape index (κ1) is 62.9. The number of carbonyl (C=O) groups is 8. The van der Waals surface area contributed by atoms with E-state index in [9.17, 15) is 39.0 Å². The smallest absolute Gasteiger partial charge is 0.252 e. The first-order valence-electron chi connectivity index (χ1n) is 26.9. The average Bonchev–Trinajstić information content (AvgIpc) is 3.43. The van der Waals surface area contributed by atoms with Gasteiger partial charge in [0, 0.05) is 19.4 Å². The van der Waals surface area contributed by atoms with Crippen LogP contribution in [0.1, 0.15) is 100 Å². The summed E-state index contributed by atoms with van der Waals surface area (Å²) in [6.07, 6.45) is 9.57. The molecule has 0 aromatic heterocycles. The van der Waals surface area contributed by atoms with Crippen LogP contribution in [0.25, 0.3) is 0 Å². The van der Waals surface area contributed by atoms with E-state index >= 15 is 9.59 Å². The summed E-state index contributed by atoms with van der Waals surface area (Å²) in [6.45, 7) is 2.30. The zero-order chi connectivity index (χ0) is 56.8. The minimum absolute atomic E-state index is 0.0437. The van der Waals surface area contributed by atoms with Crippen LogP contribution in [-0.4, -0.2) is 125 Å². The van der Waals surface area contributed by atoms with Crippen molar-refractivity contribution in [3.63, 3.8) is 0 Å². The highest BCUT2D eigenvalue weighted by atomic mass is 16.3. The highest BCUT2D eigenvalue weighted by Crippen LogP contribution is 2.16. The highest BCUT2D eigenvalue weighted by Gasteiger charge is 2.35. The van der Waals surface area contributed by atoms with Gasteiger partial charge >= 0.3 is 0 Å². The monoisotopic (exact) mass is 1080 g/mol. The second-order valence-electron chi connectivity index (χ2n) is 19.6. The fraction of sp³-hybridized carbons (Fsp3) is 0.448. The number of unbranched alkanes of at least 4 members (excludes halogenated alkanes) is 9. The third kappa shape index (κ3) is 23.3. The minimum atomic E-state index is -1.33. The average molecular weight is 1080 g/mol. The van der Waals surface area contributed by atoms with Gasteiger partial charge in [-0.05, 0) is 92.6 Å². The molecule has 0 fully saturated rings. The molecule has 6 atom stereocenters. The lowest BCUT2D eigenvalue weighted by Crippen LogP contribution is -2.58. The topological polar surface area (TPSA) is 330 Å². The van der Waals surface area contributed by atoms with Crippen LogP contribution >= 0.6 is 0 Å². The van der Waals surface area contributed by atoms with E-state index in [1.807, 2.05) is 0 Å². The molecule has 8 amide bonds. The van der Waals surface area contributed by atoms with Gasteiger partial charge in [-0.1, -0.05) is 136 Å². The molecule has 0 aliphatic carbocycles. The number of nitrogens with two attached hydrogens (primary N) is 3. The van der Waals surface area contributed by atoms with Gasteiger partial charge in [0.25, 0.3) is 11.8 Å². The Kier molecular flexibility index (Phi) is 27.5. The van der Waals surface area contributed by atoms with E-state index in [0.717, 1.165) is 56.3 Å². The lowest BCUT2D eigenvalue weighted by atomic mass is 10.0. The van der Waals surface area contributed by atoms with Gasteiger partial charge in [-0.25, -0.2) is 0 Å². The third-order valence-corrected chi connectivity index (χ3v) is 13.0. The quantitative estimate of drug-likeness (QED) is 0.0300. The molecule has 0 radical (unpaired) electrons. The predicted octanol–water partition coefficient (Wildman–Crippen LogP) is 2.45. The van der Waals surface area contributed by atoms with Gasteiger partial charge in [0.15, 0.2) is 0 Å². The molecule has 0 bridgehead atoms. The summed E-state index contributed by atoms with van der Waals surface area (Å²) in [5, 5.41) is 34.7. The third-order valence-electron chi connectivity index (χ3n) is 13.0. The van der Waals surface area contributed by atoms with Crippen LogP contribution in [0.3, 0.4) is 0 Å². The SMILES string of the molecule is C[C@@H](NC(=O)[C@@H](N)Cc1ccc(O)cc1)C(=O)NCC(=O)N[C@@H](Cc1ccccc1)C(=O)N(CCCCCCCCCCCCN)C(=O)[C@H](Cc1ccccc1)NC(=O)CNC(=O)[C@@H](C)NC(=O)[C@@H](N)Cc1ccc(O)cc1. The fourth-order valence-corrected chi connectivity index (χ4v) is 8.49.